The fourth-order valence-corrected chi connectivity index (χ4v) is 11.1. The fraction of sp³-hybridized carbons (Fsp3) is 0.0159. The molecule has 11 aromatic carbocycles. The van der Waals surface area contributed by atoms with Gasteiger partial charge in [-0.3, -0.25) is 0 Å². The van der Waals surface area contributed by atoms with Crippen LogP contribution in [0.4, 0.5) is 17.1 Å². The topological polar surface area (TPSA) is 25.6 Å². The number of hydrogen-bond acceptors (Lipinski definition) is 3. The smallest absolute Gasteiger partial charge is 0.140 e. The van der Waals surface area contributed by atoms with Gasteiger partial charge in [-0.05, 0) is 110 Å². The average molecular weight is 842 g/mol. The summed E-state index contributed by atoms with van der Waals surface area (Å²) in [5.74, 6) is 1.86. The molecule has 14 rings (SSSR count). The number of ether oxygens (including phenoxy) is 1. The quantitative estimate of drug-likeness (QED) is 0.173. The molecule has 2 heterocycles. The maximum Gasteiger partial charge on any atom is 0.140 e. The van der Waals surface area contributed by atoms with Crippen molar-refractivity contribution in [3.8, 4) is 44.9 Å². The zero-order chi connectivity index (χ0) is 43.3. The summed E-state index contributed by atoms with van der Waals surface area (Å²) in [7, 11) is 0. The van der Waals surface area contributed by atoms with Crippen LogP contribution >= 0.6 is 0 Å². The van der Waals surface area contributed by atoms with E-state index in [0.717, 1.165) is 72.4 Å². The largest absolute Gasteiger partial charge is 0.456 e. The third-order valence-electron chi connectivity index (χ3n) is 14.1. The predicted molar refractivity (Wildman–Crippen MR) is 272 cm³/mol. The first-order valence-corrected chi connectivity index (χ1v) is 22.6. The fourth-order valence-electron chi connectivity index (χ4n) is 11.1. The van der Waals surface area contributed by atoms with Gasteiger partial charge in [-0.1, -0.05) is 182 Å². The summed E-state index contributed by atoms with van der Waals surface area (Å²) in [6.07, 6.45) is 0. The third-order valence-corrected chi connectivity index (χ3v) is 14.1. The minimum absolute atomic E-state index is 0.582. The standard InChI is InChI=1S/C63H39NO2/c1-2-13-40(14-3-1)44-17-12-18-47(37-44)64(48-32-36-60-54(39-48)52-22-9-11-24-59(52)65-60)46-30-25-41(26-31-46)45-29-33-56-53(38-45)51-21-8-10-23-55(51)63(56)57-34-27-42-15-4-6-19-49(42)61(57)66-62-50-20-7-5-16-43(50)28-35-58(62)63/h1-39H. The van der Waals surface area contributed by atoms with E-state index < -0.39 is 5.41 Å². The number of nitrogens with zero attached hydrogens (tertiary/aromatic N) is 1. The van der Waals surface area contributed by atoms with Gasteiger partial charge in [0, 0.05) is 49.7 Å². The molecule has 66 heavy (non-hydrogen) atoms. The molecule has 0 fully saturated rings. The molecule has 0 bridgehead atoms. The molecule has 308 valence electrons. The van der Waals surface area contributed by atoms with Crippen LogP contribution in [0.1, 0.15) is 22.3 Å². The number of hydrogen-bond donors (Lipinski definition) is 0. The van der Waals surface area contributed by atoms with Crippen LogP contribution in [0.2, 0.25) is 0 Å². The minimum atomic E-state index is -0.582. The van der Waals surface area contributed by atoms with Gasteiger partial charge in [0.2, 0.25) is 0 Å². The van der Waals surface area contributed by atoms with E-state index in [2.05, 4.69) is 229 Å². The molecule has 1 aromatic heterocycles. The lowest BCUT2D eigenvalue weighted by Crippen LogP contribution is -2.32. The molecule has 1 aliphatic heterocycles. The van der Waals surface area contributed by atoms with Crippen LogP contribution in [0.25, 0.3) is 76.9 Å². The third kappa shape index (κ3) is 5.32. The van der Waals surface area contributed by atoms with Crippen molar-refractivity contribution in [3.63, 3.8) is 0 Å². The van der Waals surface area contributed by atoms with Gasteiger partial charge in [-0.2, -0.15) is 0 Å². The van der Waals surface area contributed by atoms with Crippen LogP contribution in [0.15, 0.2) is 241 Å². The molecule has 0 N–H and O–H groups in total. The lowest BCUT2D eigenvalue weighted by atomic mass is 9.65. The Bertz CT molecular complexity index is 3830. The number of para-hydroxylation sites is 1. The molecule has 2 aliphatic rings. The second-order valence-corrected chi connectivity index (χ2v) is 17.6. The van der Waals surface area contributed by atoms with E-state index in [1.807, 2.05) is 12.1 Å². The van der Waals surface area contributed by atoms with Gasteiger partial charge >= 0.3 is 0 Å². The van der Waals surface area contributed by atoms with Crippen molar-refractivity contribution in [3.05, 3.63) is 259 Å². The number of furan rings is 1. The Kier molecular flexibility index (Phi) is 7.90. The molecule has 0 atom stereocenters. The number of fused-ring (bicyclic) bond motifs is 16. The van der Waals surface area contributed by atoms with E-state index in [1.165, 1.54) is 55.3 Å². The van der Waals surface area contributed by atoms with Crippen molar-refractivity contribution in [2.24, 2.45) is 0 Å². The molecule has 0 saturated carbocycles. The maximum absolute atomic E-state index is 7.16. The monoisotopic (exact) mass is 841 g/mol. The Hall–Kier alpha value is -8.66. The molecular weight excluding hydrogens is 803 g/mol. The highest BCUT2D eigenvalue weighted by Crippen LogP contribution is 2.64. The highest BCUT2D eigenvalue weighted by Gasteiger charge is 2.51. The van der Waals surface area contributed by atoms with E-state index in [9.17, 15) is 0 Å². The van der Waals surface area contributed by atoms with Crippen LogP contribution in [-0.4, -0.2) is 0 Å². The van der Waals surface area contributed by atoms with E-state index in [0.29, 0.717) is 0 Å². The summed E-state index contributed by atoms with van der Waals surface area (Å²) in [4.78, 5) is 2.35. The SMILES string of the molecule is c1ccc(-c2cccc(N(c3ccc(-c4ccc5c(c4)-c4ccccc4C54c5ccc6ccccc6c5Oc5c4ccc4ccccc54)cc3)c3ccc4oc5ccccc5c4c3)c2)cc1. The molecule has 1 spiro atoms. The van der Waals surface area contributed by atoms with Crippen molar-refractivity contribution >= 4 is 60.5 Å². The Morgan fingerprint density at radius 3 is 1.62 bits per heavy atom. The Morgan fingerprint density at radius 1 is 0.303 bits per heavy atom. The van der Waals surface area contributed by atoms with Crippen LogP contribution in [-0.2, 0) is 5.41 Å². The molecule has 0 amide bonds. The van der Waals surface area contributed by atoms with Gasteiger partial charge in [-0.15, -0.1) is 0 Å². The molecule has 3 heteroatoms. The number of rotatable bonds is 5. The van der Waals surface area contributed by atoms with Gasteiger partial charge in [0.05, 0.1) is 5.41 Å². The highest BCUT2D eigenvalue weighted by atomic mass is 16.5. The maximum atomic E-state index is 7.16. The molecule has 1 aliphatic carbocycles. The second kappa shape index (κ2) is 14.2. The number of anilines is 3. The van der Waals surface area contributed by atoms with Gasteiger partial charge in [0.1, 0.15) is 22.7 Å². The second-order valence-electron chi connectivity index (χ2n) is 17.6. The van der Waals surface area contributed by atoms with Gasteiger partial charge < -0.3 is 14.1 Å². The highest BCUT2D eigenvalue weighted by molar-refractivity contribution is 6.07. The summed E-state index contributed by atoms with van der Waals surface area (Å²) in [5.41, 5.74) is 16.4. The predicted octanol–water partition coefficient (Wildman–Crippen LogP) is 17.2. The summed E-state index contributed by atoms with van der Waals surface area (Å²) in [6, 6.07) is 85.7. The van der Waals surface area contributed by atoms with Gasteiger partial charge in [0.15, 0.2) is 0 Å². The zero-order valence-corrected chi connectivity index (χ0v) is 35.8. The first kappa shape index (κ1) is 36.8. The van der Waals surface area contributed by atoms with Gasteiger partial charge in [-0.25, -0.2) is 0 Å². The summed E-state index contributed by atoms with van der Waals surface area (Å²) in [6.45, 7) is 0. The molecule has 12 aromatic rings. The van der Waals surface area contributed by atoms with E-state index >= 15 is 0 Å². The van der Waals surface area contributed by atoms with Crippen molar-refractivity contribution in [2.75, 3.05) is 4.90 Å². The first-order valence-electron chi connectivity index (χ1n) is 22.6. The molecule has 0 radical (unpaired) electrons. The summed E-state index contributed by atoms with van der Waals surface area (Å²) in [5, 5.41) is 6.77. The average Bonchev–Trinajstić information content (AvgIpc) is 3.90. The lowest BCUT2D eigenvalue weighted by Gasteiger charge is -2.40. The Morgan fingerprint density at radius 2 is 0.848 bits per heavy atom. The van der Waals surface area contributed by atoms with E-state index in [-0.39, 0.29) is 0 Å². The first-order chi connectivity index (χ1) is 32.7. The Balaban J connectivity index is 0.926. The molecule has 0 saturated heterocycles. The summed E-state index contributed by atoms with van der Waals surface area (Å²) < 4.78 is 13.4. The summed E-state index contributed by atoms with van der Waals surface area (Å²) >= 11 is 0. The van der Waals surface area contributed by atoms with Crippen LogP contribution in [0.3, 0.4) is 0 Å². The van der Waals surface area contributed by atoms with Crippen LogP contribution < -0.4 is 9.64 Å². The van der Waals surface area contributed by atoms with Gasteiger partial charge in [0.25, 0.3) is 0 Å². The van der Waals surface area contributed by atoms with Crippen LogP contribution in [0.5, 0.6) is 11.5 Å². The lowest BCUT2D eigenvalue weighted by molar-refractivity contribution is 0.447. The van der Waals surface area contributed by atoms with Crippen molar-refractivity contribution in [2.45, 2.75) is 5.41 Å². The van der Waals surface area contributed by atoms with E-state index in [1.54, 1.807) is 0 Å². The van der Waals surface area contributed by atoms with Crippen LogP contribution in [0, 0.1) is 0 Å². The van der Waals surface area contributed by atoms with Crippen molar-refractivity contribution < 1.29 is 9.15 Å². The molecular formula is C63H39NO2. The molecule has 3 nitrogen and oxygen atoms in total. The Labute approximate surface area is 382 Å². The zero-order valence-electron chi connectivity index (χ0n) is 35.8. The molecule has 0 unspecified atom stereocenters. The number of benzene rings is 11. The van der Waals surface area contributed by atoms with Crippen molar-refractivity contribution in [1.82, 2.24) is 0 Å². The van der Waals surface area contributed by atoms with Crippen molar-refractivity contribution in [1.29, 1.82) is 0 Å². The normalized spacial score (nSPS) is 13.1. The van der Waals surface area contributed by atoms with E-state index in [4.69, 9.17) is 9.15 Å². The minimum Gasteiger partial charge on any atom is -0.456 e.